The number of amides is 1. The normalized spacial score (nSPS) is 13.9. The minimum atomic E-state index is -4.35. The van der Waals surface area contributed by atoms with Crippen LogP contribution in [0.15, 0.2) is 0 Å². The highest BCUT2D eigenvalue weighted by atomic mass is 35.5. The Morgan fingerprint density at radius 1 is 1.50 bits per heavy atom. The molecule has 0 radical (unpaired) electrons. The molecule has 0 aliphatic carbocycles. The minimum absolute atomic E-state index is 0.0349. The summed E-state index contributed by atoms with van der Waals surface area (Å²) in [6, 6.07) is 0. The van der Waals surface area contributed by atoms with Crippen LogP contribution in [0.3, 0.4) is 0 Å². The maximum absolute atomic E-state index is 12.0. The number of alkyl halides is 4. The van der Waals surface area contributed by atoms with E-state index in [0.717, 1.165) is 4.90 Å². The van der Waals surface area contributed by atoms with Gasteiger partial charge in [-0.15, -0.1) is 11.6 Å². The van der Waals surface area contributed by atoms with Gasteiger partial charge in [0.05, 0.1) is 0 Å². The molecule has 14 heavy (non-hydrogen) atoms. The summed E-state index contributed by atoms with van der Waals surface area (Å²) in [5.41, 5.74) is 0. The van der Waals surface area contributed by atoms with E-state index in [-0.39, 0.29) is 12.4 Å². The summed E-state index contributed by atoms with van der Waals surface area (Å²) in [5, 5.41) is 0. The maximum Gasteiger partial charge on any atom is 0.406 e. The van der Waals surface area contributed by atoms with E-state index < -0.39 is 24.5 Å². The first kappa shape index (κ1) is 13.5. The Hall–Kier alpha value is -0.450. The highest BCUT2D eigenvalue weighted by Gasteiger charge is 2.33. The number of hydrogen-bond donors (Lipinski definition) is 0. The third-order valence-corrected chi connectivity index (χ3v) is 2.18. The number of halogens is 4. The molecule has 0 aliphatic rings. The van der Waals surface area contributed by atoms with E-state index in [9.17, 15) is 18.0 Å². The van der Waals surface area contributed by atoms with E-state index in [2.05, 4.69) is 0 Å². The van der Waals surface area contributed by atoms with Gasteiger partial charge >= 0.3 is 6.18 Å². The molecule has 0 bridgehead atoms. The van der Waals surface area contributed by atoms with Gasteiger partial charge in [-0.1, -0.05) is 6.92 Å². The molecule has 1 amide bonds. The zero-order chi connectivity index (χ0) is 11.4. The van der Waals surface area contributed by atoms with Gasteiger partial charge in [-0.25, -0.2) is 0 Å². The van der Waals surface area contributed by atoms with Crippen LogP contribution in [0.2, 0.25) is 0 Å². The molecule has 0 fully saturated rings. The van der Waals surface area contributed by atoms with Crippen LogP contribution in [-0.2, 0) is 4.79 Å². The molecule has 0 aromatic heterocycles. The molecule has 6 heteroatoms. The van der Waals surface area contributed by atoms with Crippen molar-refractivity contribution in [2.75, 3.05) is 19.0 Å². The smallest absolute Gasteiger partial charge is 0.334 e. The minimum Gasteiger partial charge on any atom is -0.334 e. The fourth-order valence-corrected chi connectivity index (χ4v) is 1.07. The first-order valence-corrected chi connectivity index (χ1v) is 4.76. The molecule has 0 rings (SSSR count). The standard InChI is InChI=1S/C8H13ClF3NO/c1-3-13(5-8(10,11)12)7(14)6(2)4-9/h6H,3-5H2,1-2H3. The third-order valence-electron chi connectivity index (χ3n) is 1.72. The van der Waals surface area contributed by atoms with Crippen LogP contribution in [0, 0.1) is 5.92 Å². The van der Waals surface area contributed by atoms with Gasteiger partial charge in [-0.05, 0) is 6.92 Å². The van der Waals surface area contributed by atoms with Crippen LogP contribution < -0.4 is 0 Å². The van der Waals surface area contributed by atoms with Gasteiger partial charge in [-0.3, -0.25) is 4.79 Å². The van der Waals surface area contributed by atoms with Gasteiger partial charge in [0.1, 0.15) is 6.54 Å². The predicted molar refractivity (Wildman–Crippen MR) is 48.2 cm³/mol. The second-order valence-electron chi connectivity index (χ2n) is 3.02. The third kappa shape index (κ3) is 4.69. The molecular formula is C8H13ClF3NO. The second kappa shape index (κ2) is 5.44. The monoisotopic (exact) mass is 231 g/mol. The summed E-state index contributed by atoms with van der Waals surface area (Å²) in [6.07, 6.45) is -4.35. The van der Waals surface area contributed by atoms with Crippen molar-refractivity contribution in [3.05, 3.63) is 0 Å². The zero-order valence-electron chi connectivity index (χ0n) is 8.07. The van der Waals surface area contributed by atoms with Crippen molar-refractivity contribution in [2.24, 2.45) is 5.92 Å². The first-order valence-electron chi connectivity index (χ1n) is 4.23. The lowest BCUT2D eigenvalue weighted by atomic mass is 10.2. The van der Waals surface area contributed by atoms with E-state index in [1.807, 2.05) is 0 Å². The molecule has 0 saturated carbocycles. The van der Waals surface area contributed by atoms with Crippen LogP contribution in [0.25, 0.3) is 0 Å². The lowest BCUT2D eigenvalue weighted by Crippen LogP contribution is -2.41. The van der Waals surface area contributed by atoms with E-state index in [1.165, 1.54) is 13.8 Å². The Labute approximate surface area is 86.0 Å². The second-order valence-corrected chi connectivity index (χ2v) is 3.33. The van der Waals surface area contributed by atoms with Gasteiger partial charge in [0, 0.05) is 18.3 Å². The molecule has 0 aromatic rings. The molecule has 1 unspecified atom stereocenters. The number of carbonyl (C=O) groups excluding carboxylic acids is 1. The molecule has 0 aromatic carbocycles. The maximum atomic E-state index is 12.0. The topological polar surface area (TPSA) is 20.3 Å². The van der Waals surface area contributed by atoms with Crippen molar-refractivity contribution in [1.29, 1.82) is 0 Å². The highest BCUT2D eigenvalue weighted by Crippen LogP contribution is 2.17. The summed E-state index contributed by atoms with van der Waals surface area (Å²) >= 11 is 5.39. The predicted octanol–water partition coefficient (Wildman–Crippen LogP) is 2.27. The number of hydrogen-bond acceptors (Lipinski definition) is 1. The van der Waals surface area contributed by atoms with Crippen LogP contribution in [0.4, 0.5) is 13.2 Å². The molecule has 0 spiro atoms. The average molecular weight is 232 g/mol. The van der Waals surface area contributed by atoms with E-state index >= 15 is 0 Å². The molecular weight excluding hydrogens is 219 g/mol. The quantitative estimate of drug-likeness (QED) is 0.680. The molecule has 84 valence electrons. The molecule has 0 N–H and O–H groups in total. The van der Waals surface area contributed by atoms with Gasteiger partial charge in [-0.2, -0.15) is 13.2 Å². The van der Waals surface area contributed by atoms with Gasteiger partial charge < -0.3 is 4.90 Å². The van der Waals surface area contributed by atoms with Crippen molar-refractivity contribution >= 4 is 17.5 Å². The summed E-state index contributed by atoms with van der Waals surface area (Å²) in [5.74, 6) is -1.09. The number of carbonyl (C=O) groups is 1. The Balaban J connectivity index is 4.34. The molecule has 0 saturated heterocycles. The van der Waals surface area contributed by atoms with Crippen LogP contribution >= 0.6 is 11.6 Å². The fourth-order valence-electron chi connectivity index (χ4n) is 0.940. The van der Waals surface area contributed by atoms with Crippen LogP contribution in [0.5, 0.6) is 0 Å². The van der Waals surface area contributed by atoms with Crippen LogP contribution in [-0.4, -0.2) is 36.0 Å². The molecule has 0 heterocycles. The Morgan fingerprint density at radius 2 is 2.00 bits per heavy atom. The van der Waals surface area contributed by atoms with Gasteiger partial charge in [0.25, 0.3) is 0 Å². The Morgan fingerprint density at radius 3 is 2.29 bits per heavy atom. The largest absolute Gasteiger partial charge is 0.406 e. The summed E-state index contributed by atoms with van der Waals surface area (Å²) in [6.45, 7) is 1.85. The van der Waals surface area contributed by atoms with E-state index in [1.54, 1.807) is 0 Å². The van der Waals surface area contributed by atoms with Crippen molar-refractivity contribution in [2.45, 2.75) is 20.0 Å². The van der Waals surface area contributed by atoms with E-state index in [0.29, 0.717) is 0 Å². The van der Waals surface area contributed by atoms with Crippen molar-refractivity contribution in [3.63, 3.8) is 0 Å². The average Bonchev–Trinajstić information content (AvgIpc) is 2.10. The Kier molecular flexibility index (Phi) is 5.26. The lowest BCUT2D eigenvalue weighted by molar-refractivity contribution is -0.162. The summed E-state index contributed by atoms with van der Waals surface area (Å²) in [7, 11) is 0. The summed E-state index contributed by atoms with van der Waals surface area (Å²) in [4.78, 5) is 12.1. The molecule has 2 nitrogen and oxygen atoms in total. The summed E-state index contributed by atoms with van der Waals surface area (Å²) < 4.78 is 36.0. The fraction of sp³-hybridized carbons (Fsp3) is 0.875. The van der Waals surface area contributed by atoms with Gasteiger partial charge in [0.15, 0.2) is 0 Å². The van der Waals surface area contributed by atoms with Crippen molar-refractivity contribution < 1.29 is 18.0 Å². The number of nitrogens with zero attached hydrogens (tertiary/aromatic N) is 1. The van der Waals surface area contributed by atoms with E-state index in [4.69, 9.17) is 11.6 Å². The number of rotatable bonds is 4. The first-order chi connectivity index (χ1) is 6.31. The highest BCUT2D eigenvalue weighted by molar-refractivity contribution is 6.19. The SMILES string of the molecule is CCN(CC(F)(F)F)C(=O)C(C)CCl. The van der Waals surface area contributed by atoms with Gasteiger partial charge in [0.2, 0.25) is 5.91 Å². The van der Waals surface area contributed by atoms with Crippen molar-refractivity contribution in [1.82, 2.24) is 4.90 Å². The van der Waals surface area contributed by atoms with Crippen molar-refractivity contribution in [3.8, 4) is 0 Å². The lowest BCUT2D eigenvalue weighted by Gasteiger charge is -2.24. The molecule has 0 aliphatic heterocycles. The van der Waals surface area contributed by atoms with Crippen LogP contribution in [0.1, 0.15) is 13.8 Å². The molecule has 1 atom stereocenters. The Bertz CT molecular complexity index is 196. The zero-order valence-corrected chi connectivity index (χ0v) is 8.82.